The van der Waals surface area contributed by atoms with E-state index >= 15 is 0 Å². The van der Waals surface area contributed by atoms with Crippen LogP contribution in [0.1, 0.15) is 25.0 Å². The largest absolute Gasteiger partial charge is 0.495 e. The molecule has 24 heavy (non-hydrogen) atoms. The second-order valence-electron chi connectivity index (χ2n) is 6.75. The summed E-state index contributed by atoms with van der Waals surface area (Å²) in [6, 6.07) is 3.27. The van der Waals surface area contributed by atoms with Crippen molar-refractivity contribution in [3.8, 4) is 5.75 Å². The Morgan fingerprint density at radius 3 is 2.17 bits per heavy atom. The summed E-state index contributed by atoms with van der Waals surface area (Å²) in [5.74, 6) is 0.394. The van der Waals surface area contributed by atoms with Gasteiger partial charge in [-0.25, -0.2) is 16.8 Å². The molecular weight excluding hydrogens is 350 g/mol. The topological polar surface area (TPSA) is 80.8 Å². The third kappa shape index (κ3) is 3.60. The van der Waals surface area contributed by atoms with E-state index in [4.69, 9.17) is 4.74 Å². The maximum atomic E-state index is 12.8. The number of hydrogen-bond donors (Lipinski definition) is 0. The van der Waals surface area contributed by atoms with E-state index in [9.17, 15) is 16.8 Å². The van der Waals surface area contributed by atoms with Crippen molar-refractivity contribution < 1.29 is 21.6 Å². The van der Waals surface area contributed by atoms with Gasteiger partial charge in [-0.05, 0) is 43.0 Å². The zero-order chi connectivity index (χ0) is 18.3. The summed E-state index contributed by atoms with van der Waals surface area (Å²) in [6.45, 7) is 7.41. The zero-order valence-electron chi connectivity index (χ0n) is 14.7. The summed E-state index contributed by atoms with van der Waals surface area (Å²) in [6.07, 6.45) is 0. The van der Waals surface area contributed by atoms with E-state index in [2.05, 4.69) is 0 Å². The van der Waals surface area contributed by atoms with E-state index in [1.54, 1.807) is 12.1 Å². The van der Waals surface area contributed by atoms with Gasteiger partial charge in [0, 0.05) is 13.1 Å². The average molecular weight is 376 g/mol. The molecule has 0 bridgehead atoms. The Hall–Kier alpha value is -1.12. The van der Waals surface area contributed by atoms with Gasteiger partial charge in [0.2, 0.25) is 10.0 Å². The second kappa shape index (κ2) is 6.65. The summed E-state index contributed by atoms with van der Waals surface area (Å²) in [7, 11) is -5.60. The minimum absolute atomic E-state index is 0.00741. The van der Waals surface area contributed by atoms with Crippen LogP contribution < -0.4 is 4.74 Å². The van der Waals surface area contributed by atoms with Crippen LogP contribution >= 0.6 is 0 Å². The molecule has 1 aromatic carbocycles. The molecule has 2 rings (SSSR count). The first-order valence-corrected chi connectivity index (χ1v) is 11.0. The maximum Gasteiger partial charge on any atom is 0.246 e. The summed E-state index contributed by atoms with van der Waals surface area (Å²) in [5, 5.41) is -0.618. The Kier molecular flexibility index (Phi) is 5.32. The Balaban J connectivity index is 2.25. The van der Waals surface area contributed by atoms with Crippen molar-refractivity contribution in [3.63, 3.8) is 0 Å². The summed E-state index contributed by atoms with van der Waals surface area (Å²) in [4.78, 5) is 0.0906. The fourth-order valence-corrected chi connectivity index (χ4v) is 6.65. The van der Waals surface area contributed by atoms with E-state index < -0.39 is 25.1 Å². The molecule has 0 saturated carbocycles. The summed E-state index contributed by atoms with van der Waals surface area (Å²) < 4.78 is 56.4. The first-order chi connectivity index (χ1) is 11.0. The molecule has 136 valence electrons. The van der Waals surface area contributed by atoms with E-state index in [0.717, 1.165) is 11.1 Å². The first kappa shape index (κ1) is 19.2. The van der Waals surface area contributed by atoms with Crippen LogP contribution in [0.3, 0.4) is 0 Å². The number of aryl methyl sites for hydroxylation is 2. The van der Waals surface area contributed by atoms with Crippen LogP contribution in [0.15, 0.2) is 17.0 Å². The van der Waals surface area contributed by atoms with Gasteiger partial charge in [0.15, 0.2) is 9.84 Å². The van der Waals surface area contributed by atoms with E-state index in [1.807, 2.05) is 27.7 Å². The minimum atomic E-state index is -3.76. The third-order valence-corrected chi connectivity index (χ3v) is 8.58. The van der Waals surface area contributed by atoms with Gasteiger partial charge in [-0.2, -0.15) is 4.31 Å². The fourth-order valence-electron chi connectivity index (χ4n) is 2.69. The Morgan fingerprint density at radius 2 is 1.67 bits per heavy atom. The fraction of sp³-hybridized carbons (Fsp3) is 0.625. The molecule has 1 heterocycles. The smallest absolute Gasteiger partial charge is 0.246 e. The van der Waals surface area contributed by atoms with Crippen LogP contribution in [0.5, 0.6) is 5.75 Å². The third-order valence-electron chi connectivity index (χ3n) is 4.29. The van der Waals surface area contributed by atoms with Gasteiger partial charge >= 0.3 is 0 Å². The number of hydrogen-bond acceptors (Lipinski definition) is 5. The SMILES string of the molecule is COc1cc(C)c(C)cc1S(=O)(=O)N1CC(S(=O)(=O)CC(C)C)C1. The number of sulfone groups is 1. The van der Waals surface area contributed by atoms with Crippen molar-refractivity contribution in [1.29, 1.82) is 0 Å². The van der Waals surface area contributed by atoms with Crippen LogP contribution in [0, 0.1) is 19.8 Å². The molecule has 1 fully saturated rings. The lowest BCUT2D eigenvalue weighted by Gasteiger charge is -2.38. The van der Waals surface area contributed by atoms with E-state index in [-0.39, 0.29) is 35.4 Å². The van der Waals surface area contributed by atoms with Gasteiger partial charge in [0.25, 0.3) is 0 Å². The van der Waals surface area contributed by atoms with Gasteiger partial charge < -0.3 is 4.74 Å². The Morgan fingerprint density at radius 1 is 1.12 bits per heavy atom. The molecule has 0 unspecified atom stereocenters. The van der Waals surface area contributed by atoms with Crippen molar-refractivity contribution in [2.45, 2.75) is 37.8 Å². The molecule has 0 amide bonds. The highest BCUT2D eigenvalue weighted by Gasteiger charge is 2.44. The lowest BCUT2D eigenvalue weighted by Crippen LogP contribution is -2.57. The van der Waals surface area contributed by atoms with E-state index in [1.165, 1.54) is 11.4 Å². The number of sulfonamides is 1. The number of benzene rings is 1. The van der Waals surface area contributed by atoms with Crippen LogP contribution in [-0.4, -0.2) is 52.3 Å². The van der Waals surface area contributed by atoms with Gasteiger partial charge in [-0.15, -0.1) is 0 Å². The number of methoxy groups -OCH3 is 1. The molecule has 0 aromatic heterocycles. The lowest BCUT2D eigenvalue weighted by molar-refractivity contribution is 0.307. The van der Waals surface area contributed by atoms with Crippen molar-refractivity contribution in [3.05, 3.63) is 23.3 Å². The number of nitrogens with zero attached hydrogens (tertiary/aromatic N) is 1. The molecule has 0 atom stereocenters. The van der Waals surface area contributed by atoms with Gasteiger partial charge in [-0.1, -0.05) is 13.8 Å². The molecule has 0 N–H and O–H groups in total. The number of ether oxygens (including phenoxy) is 1. The van der Waals surface area contributed by atoms with Gasteiger partial charge in [0.1, 0.15) is 10.6 Å². The molecule has 1 aromatic rings. The Labute approximate surface area is 144 Å². The van der Waals surface area contributed by atoms with Gasteiger partial charge in [-0.3, -0.25) is 0 Å². The molecule has 1 aliphatic heterocycles. The van der Waals surface area contributed by atoms with Crippen molar-refractivity contribution in [2.75, 3.05) is 26.0 Å². The predicted molar refractivity (Wildman–Crippen MR) is 93.6 cm³/mol. The maximum absolute atomic E-state index is 12.8. The highest BCUT2D eigenvalue weighted by atomic mass is 32.2. The Bertz CT molecular complexity index is 822. The molecule has 0 radical (unpaired) electrons. The molecule has 1 aliphatic rings. The van der Waals surface area contributed by atoms with Crippen molar-refractivity contribution in [2.24, 2.45) is 5.92 Å². The van der Waals surface area contributed by atoms with Crippen LogP contribution in [-0.2, 0) is 19.9 Å². The standard InChI is InChI=1S/C16H25NO5S2/c1-11(2)10-23(18,19)14-8-17(9-14)24(20,21)16-7-13(4)12(3)6-15(16)22-5/h6-7,11,14H,8-10H2,1-5H3. The van der Waals surface area contributed by atoms with Crippen LogP contribution in [0.4, 0.5) is 0 Å². The highest BCUT2D eigenvalue weighted by molar-refractivity contribution is 7.92. The normalized spacial score (nSPS) is 17.1. The predicted octanol–water partition coefficient (Wildman–Crippen LogP) is 1.76. The van der Waals surface area contributed by atoms with Crippen molar-refractivity contribution in [1.82, 2.24) is 4.31 Å². The molecular formula is C16H25NO5S2. The monoisotopic (exact) mass is 375 g/mol. The quantitative estimate of drug-likeness (QED) is 0.757. The summed E-state index contributed by atoms with van der Waals surface area (Å²) >= 11 is 0. The lowest BCUT2D eigenvalue weighted by atomic mass is 10.1. The van der Waals surface area contributed by atoms with Gasteiger partial charge in [0.05, 0.1) is 18.1 Å². The molecule has 1 saturated heterocycles. The highest BCUT2D eigenvalue weighted by Crippen LogP contribution is 2.33. The molecule has 0 aliphatic carbocycles. The average Bonchev–Trinajstić information content (AvgIpc) is 2.36. The van der Waals surface area contributed by atoms with Crippen LogP contribution in [0.2, 0.25) is 0 Å². The molecule has 0 spiro atoms. The first-order valence-electron chi connectivity index (χ1n) is 7.86. The van der Waals surface area contributed by atoms with Crippen LogP contribution in [0.25, 0.3) is 0 Å². The molecule has 8 heteroatoms. The second-order valence-corrected chi connectivity index (χ2v) is 11.0. The number of rotatable bonds is 6. The van der Waals surface area contributed by atoms with Crippen molar-refractivity contribution >= 4 is 19.9 Å². The van der Waals surface area contributed by atoms with E-state index in [0.29, 0.717) is 0 Å². The minimum Gasteiger partial charge on any atom is -0.495 e. The summed E-state index contributed by atoms with van der Waals surface area (Å²) in [5.41, 5.74) is 1.78. The molecule has 6 nitrogen and oxygen atoms in total. The zero-order valence-corrected chi connectivity index (χ0v) is 16.4.